The molecule has 0 saturated heterocycles. The van der Waals surface area contributed by atoms with Crippen LogP contribution in [-0.4, -0.2) is 44.6 Å². The first-order chi connectivity index (χ1) is 13.7. The molecule has 0 radical (unpaired) electrons. The fraction of sp³-hybridized carbons (Fsp3) is 0.389. The molecule has 2 heterocycles. The number of alkyl halides is 3. The van der Waals surface area contributed by atoms with Crippen LogP contribution in [0.4, 0.5) is 13.2 Å². The van der Waals surface area contributed by atoms with Gasteiger partial charge in [0.1, 0.15) is 12.0 Å². The number of hydrazine groups is 1. The number of halogens is 3. The lowest BCUT2D eigenvalue weighted by molar-refractivity contribution is -0.154. The number of carbonyl (C=O) groups excluding carboxylic acids is 2. The van der Waals surface area contributed by atoms with E-state index in [4.69, 9.17) is 0 Å². The van der Waals surface area contributed by atoms with E-state index < -0.39 is 18.7 Å². The van der Waals surface area contributed by atoms with Crippen LogP contribution in [-0.2, 0) is 11.3 Å². The van der Waals surface area contributed by atoms with Gasteiger partial charge in [-0.1, -0.05) is 0 Å². The van der Waals surface area contributed by atoms with Crippen LogP contribution in [0.15, 0.2) is 30.9 Å². The van der Waals surface area contributed by atoms with E-state index in [0.29, 0.717) is 11.1 Å². The summed E-state index contributed by atoms with van der Waals surface area (Å²) in [5, 5.41) is 1.11. The molecule has 1 N–H and O–H groups in total. The molecule has 0 bridgehead atoms. The first-order valence-corrected chi connectivity index (χ1v) is 8.76. The molecule has 0 aliphatic heterocycles. The largest absolute Gasteiger partial charge is 0.468 e. The highest BCUT2D eigenvalue weighted by molar-refractivity contribution is 5.94. The Bertz CT molecular complexity index is 888. The van der Waals surface area contributed by atoms with Crippen LogP contribution >= 0.6 is 0 Å². The molecule has 11 heteroatoms. The second kappa shape index (κ2) is 8.41. The van der Waals surface area contributed by atoms with Gasteiger partial charge in [-0.15, -0.1) is 0 Å². The van der Waals surface area contributed by atoms with Crippen LogP contribution in [0.5, 0.6) is 5.88 Å². The van der Waals surface area contributed by atoms with Gasteiger partial charge in [-0.3, -0.25) is 15.0 Å². The molecule has 2 amide bonds. The second-order valence-corrected chi connectivity index (χ2v) is 6.59. The van der Waals surface area contributed by atoms with Crippen molar-refractivity contribution in [3.05, 3.63) is 47.7 Å². The SMILES string of the molecule is Cc1cc(OCC(F)(F)F)ncc1CN(NC(=O)C1CC1)C(=O)c1ccncn1. The maximum Gasteiger partial charge on any atom is 0.422 e. The molecular weight excluding hydrogens is 391 g/mol. The first kappa shape index (κ1) is 20.5. The Morgan fingerprint density at radius 2 is 2.07 bits per heavy atom. The van der Waals surface area contributed by atoms with Crippen molar-refractivity contribution >= 4 is 11.8 Å². The number of amides is 2. The van der Waals surface area contributed by atoms with Crippen molar-refractivity contribution in [1.29, 1.82) is 0 Å². The van der Waals surface area contributed by atoms with Crippen molar-refractivity contribution in [3.8, 4) is 5.88 Å². The molecule has 29 heavy (non-hydrogen) atoms. The number of carbonyl (C=O) groups is 2. The van der Waals surface area contributed by atoms with E-state index in [1.807, 2.05) is 0 Å². The number of rotatable bonds is 6. The van der Waals surface area contributed by atoms with Gasteiger partial charge in [-0.05, 0) is 37.0 Å². The zero-order valence-electron chi connectivity index (χ0n) is 15.4. The normalized spacial score (nSPS) is 13.7. The minimum atomic E-state index is -4.47. The summed E-state index contributed by atoms with van der Waals surface area (Å²) in [6, 6.07) is 2.76. The van der Waals surface area contributed by atoms with Gasteiger partial charge in [0.2, 0.25) is 11.8 Å². The highest BCUT2D eigenvalue weighted by atomic mass is 19.4. The molecule has 1 aliphatic rings. The highest BCUT2D eigenvalue weighted by Gasteiger charge is 2.32. The van der Waals surface area contributed by atoms with Crippen molar-refractivity contribution in [3.63, 3.8) is 0 Å². The summed E-state index contributed by atoms with van der Waals surface area (Å²) in [7, 11) is 0. The van der Waals surface area contributed by atoms with Gasteiger partial charge in [-0.25, -0.2) is 20.0 Å². The van der Waals surface area contributed by atoms with E-state index in [1.54, 1.807) is 6.92 Å². The Labute approximate surface area is 164 Å². The molecule has 2 aromatic rings. The summed E-state index contributed by atoms with van der Waals surface area (Å²) in [6.07, 6.45) is 0.974. The highest BCUT2D eigenvalue weighted by Crippen LogP contribution is 2.29. The first-order valence-electron chi connectivity index (χ1n) is 8.76. The van der Waals surface area contributed by atoms with Gasteiger partial charge in [0.05, 0.1) is 6.54 Å². The Morgan fingerprint density at radius 1 is 1.31 bits per heavy atom. The summed E-state index contributed by atoms with van der Waals surface area (Å²) in [4.78, 5) is 36.5. The van der Waals surface area contributed by atoms with Gasteiger partial charge in [0.25, 0.3) is 5.91 Å². The standard InChI is InChI=1S/C18H18F3N5O3/c1-11-6-15(29-9-18(19,20)21)23-7-13(11)8-26(25-16(27)12-2-3-12)17(28)14-4-5-22-10-24-14/h4-7,10,12H,2-3,8-9H2,1H3,(H,25,27). The number of hydrogen-bond acceptors (Lipinski definition) is 6. The van der Waals surface area contributed by atoms with Gasteiger partial charge >= 0.3 is 6.18 Å². The quantitative estimate of drug-likeness (QED) is 0.735. The predicted octanol–water partition coefficient (Wildman–Crippen LogP) is 2.20. The van der Waals surface area contributed by atoms with Gasteiger partial charge in [0, 0.05) is 24.4 Å². The zero-order valence-corrected chi connectivity index (χ0v) is 15.4. The van der Waals surface area contributed by atoms with Crippen molar-refractivity contribution < 1.29 is 27.5 Å². The lowest BCUT2D eigenvalue weighted by atomic mass is 10.1. The van der Waals surface area contributed by atoms with Crippen LogP contribution in [0.25, 0.3) is 0 Å². The average molecular weight is 409 g/mol. The smallest absolute Gasteiger partial charge is 0.422 e. The van der Waals surface area contributed by atoms with E-state index in [-0.39, 0.29) is 29.9 Å². The topological polar surface area (TPSA) is 97.3 Å². The van der Waals surface area contributed by atoms with E-state index in [2.05, 4.69) is 25.1 Å². The fourth-order valence-corrected chi connectivity index (χ4v) is 2.42. The Morgan fingerprint density at radius 3 is 2.66 bits per heavy atom. The molecule has 1 aliphatic carbocycles. The third-order valence-electron chi connectivity index (χ3n) is 4.15. The van der Waals surface area contributed by atoms with Gasteiger partial charge in [0.15, 0.2) is 6.61 Å². The molecule has 1 saturated carbocycles. The Balaban J connectivity index is 1.76. The molecule has 154 valence electrons. The summed E-state index contributed by atoms with van der Waals surface area (Å²) >= 11 is 0. The minimum Gasteiger partial charge on any atom is -0.468 e. The number of pyridine rings is 1. The Hall–Kier alpha value is -3.24. The van der Waals surface area contributed by atoms with Gasteiger partial charge in [-0.2, -0.15) is 13.2 Å². The number of hydrogen-bond donors (Lipinski definition) is 1. The van der Waals surface area contributed by atoms with Crippen LogP contribution in [0.3, 0.4) is 0 Å². The monoisotopic (exact) mass is 409 g/mol. The summed E-state index contributed by atoms with van der Waals surface area (Å²) in [5.41, 5.74) is 3.76. The molecular formula is C18H18F3N5O3. The lowest BCUT2D eigenvalue weighted by Gasteiger charge is -2.24. The third kappa shape index (κ3) is 5.87. The molecule has 3 rings (SSSR count). The third-order valence-corrected chi connectivity index (χ3v) is 4.15. The molecule has 1 fully saturated rings. The minimum absolute atomic E-state index is 0.0420. The zero-order chi connectivity index (χ0) is 21.0. The molecule has 8 nitrogen and oxygen atoms in total. The fourth-order valence-electron chi connectivity index (χ4n) is 2.42. The summed E-state index contributed by atoms with van der Waals surface area (Å²) < 4.78 is 41.5. The number of aryl methyl sites for hydroxylation is 1. The van der Waals surface area contributed by atoms with Crippen molar-refractivity contribution in [2.75, 3.05) is 6.61 Å². The van der Waals surface area contributed by atoms with Crippen LogP contribution < -0.4 is 10.2 Å². The number of aromatic nitrogens is 3. The predicted molar refractivity (Wildman–Crippen MR) is 93.3 cm³/mol. The summed E-state index contributed by atoms with van der Waals surface area (Å²) in [6.45, 7) is 0.155. The van der Waals surface area contributed by atoms with E-state index in [0.717, 1.165) is 17.9 Å². The Kier molecular flexibility index (Phi) is 5.95. The van der Waals surface area contributed by atoms with Crippen molar-refractivity contribution in [2.45, 2.75) is 32.5 Å². The molecule has 0 aromatic carbocycles. The van der Waals surface area contributed by atoms with E-state index in [1.165, 1.54) is 30.9 Å². The second-order valence-electron chi connectivity index (χ2n) is 6.59. The lowest BCUT2D eigenvalue weighted by Crippen LogP contribution is -2.46. The maximum atomic E-state index is 12.8. The van der Waals surface area contributed by atoms with E-state index in [9.17, 15) is 22.8 Å². The van der Waals surface area contributed by atoms with Crippen LogP contribution in [0.1, 0.15) is 34.5 Å². The maximum absolute atomic E-state index is 12.8. The molecule has 0 atom stereocenters. The number of nitrogens with one attached hydrogen (secondary N) is 1. The number of nitrogens with zero attached hydrogens (tertiary/aromatic N) is 4. The average Bonchev–Trinajstić information content (AvgIpc) is 3.52. The van der Waals surface area contributed by atoms with Crippen LogP contribution in [0.2, 0.25) is 0 Å². The van der Waals surface area contributed by atoms with Gasteiger partial charge < -0.3 is 4.74 Å². The number of ether oxygens (including phenoxy) is 1. The van der Waals surface area contributed by atoms with E-state index >= 15 is 0 Å². The molecule has 0 spiro atoms. The van der Waals surface area contributed by atoms with Crippen LogP contribution in [0, 0.1) is 12.8 Å². The van der Waals surface area contributed by atoms with Crippen molar-refractivity contribution in [1.82, 2.24) is 25.4 Å². The van der Waals surface area contributed by atoms with Crippen molar-refractivity contribution in [2.24, 2.45) is 5.92 Å². The summed E-state index contributed by atoms with van der Waals surface area (Å²) in [5.74, 6) is -1.13. The molecule has 2 aromatic heterocycles. The molecule has 0 unspecified atom stereocenters.